The van der Waals surface area contributed by atoms with E-state index in [0.717, 1.165) is 19.0 Å². The lowest BCUT2D eigenvalue weighted by Crippen LogP contribution is -2.40. The van der Waals surface area contributed by atoms with Crippen molar-refractivity contribution in [1.29, 1.82) is 0 Å². The van der Waals surface area contributed by atoms with Gasteiger partial charge >= 0.3 is 0 Å². The summed E-state index contributed by atoms with van der Waals surface area (Å²) < 4.78 is 26.0. The maximum absolute atomic E-state index is 12.2. The molecule has 1 aliphatic heterocycles. The molecule has 8 heteroatoms. The smallest absolute Gasteiger partial charge is 0.252 e. The lowest BCUT2D eigenvalue weighted by molar-refractivity contribution is 0.465. The number of aliphatic imine (C=N–C) groups is 1. The van der Waals surface area contributed by atoms with Crippen molar-refractivity contribution < 1.29 is 8.42 Å². The molecule has 0 saturated heterocycles. The Balaban J connectivity index is 1.86. The van der Waals surface area contributed by atoms with Gasteiger partial charge in [0.05, 0.1) is 6.54 Å². The average Bonchev–Trinajstić information content (AvgIpc) is 3.01. The van der Waals surface area contributed by atoms with Crippen molar-refractivity contribution in [1.82, 2.24) is 14.5 Å². The standard InChI is InChI=1S/C11H18N4O2S2/c1-14-7-5-12-11(14)13-6-8-15(2)19(16,17)10-4-3-9-18-10/h3-4,9H,5-8H2,1-2H3,(H,12,13). The summed E-state index contributed by atoms with van der Waals surface area (Å²) in [4.78, 5) is 6.31. The molecule has 19 heavy (non-hydrogen) atoms. The van der Waals surface area contributed by atoms with Crippen LogP contribution in [0, 0.1) is 0 Å². The normalized spacial score (nSPS) is 15.9. The van der Waals surface area contributed by atoms with Crippen LogP contribution >= 0.6 is 11.3 Å². The van der Waals surface area contributed by atoms with E-state index in [4.69, 9.17) is 0 Å². The molecule has 0 atom stereocenters. The minimum absolute atomic E-state index is 0.380. The molecule has 2 heterocycles. The van der Waals surface area contributed by atoms with E-state index < -0.39 is 10.0 Å². The van der Waals surface area contributed by atoms with E-state index in [1.54, 1.807) is 24.6 Å². The number of nitrogens with one attached hydrogen (secondary N) is 1. The van der Waals surface area contributed by atoms with Gasteiger partial charge in [0.1, 0.15) is 4.21 Å². The monoisotopic (exact) mass is 302 g/mol. The maximum Gasteiger partial charge on any atom is 0.252 e. The molecule has 0 bridgehead atoms. The van der Waals surface area contributed by atoms with Gasteiger partial charge in [-0.25, -0.2) is 8.42 Å². The van der Waals surface area contributed by atoms with Gasteiger partial charge in [0.15, 0.2) is 5.96 Å². The highest BCUT2D eigenvalue weighted by Crippen LogP contribution is 2.19. The Hall–Kier alpha value is -1.12. The fraction of sp³-hybridized carbons (Fsp3) is 0.545. The molecule has 0 radical (unpaired) electrons. The van der Waals surface area contributed by atoms with E-state index in [1.807, 2.05) is 11.9 Å². The first-order valence-electron chi connectivity index (χ1n) is 6.01. The van der Waals surface area contributed by atoms with Crippen molar-refractivity contribution in [2.45, 2.75) is 4.21 Å². The number of guanidine groups is 1. The van der Waals surface area contributed by atoms with Gasteiger partial charge in [-0.15, -0.1) is 11.3 Å². The van der Waals surface area contributed by atoms with Crippen LogP contribution in [0.15, 0.2) is 26.7 Å². The molecule has 0 amide bonds. The van der Waals surface area contributed by atoms with E-state index in [-0.39, 0.29) is 0 Å². The van der Waals surface area contributed by atoms with Gasteiger partial charge in [-0.05, 0) is 11.4 Å². The Bertz CT molecular complexity index is 539. The van der Waals surface area contributed by atoms with Crippen LogP contribution in [-0.2, 0) is 10.0 Å². The zero-order chi connectivity index (χ0) is 13.9. The van der Waals surface area contributed by atoms with Gasteiger partial charge in [-0.2, -0.15) is 4.31 Å². The van der Waals surface area contributed by atoms with Crippen molar-refractivity contribution in [3.8, 4) is 0 Å². The Labute approximate surface area is 117 Å². The van der Waals surface area contributed by atoms with Gasteiger partial charge in [0, 0.05) is 33.7 Å². The third-order valence-electron chi connectivity index (χ3n) is 2.93. The lowest BCUT2D eigenvalue weighted by atomic mass is 10.6. The molecule has 0 aliphatic carbocycles. The molecule has 0 unspecified atom stereocenters. The molecule has 0 spiro atoms. The average molecular weight is 302 g/mol. The third kappa shape index (κ3) is 3.26. The first-order valence-corrected chi connectivity index (χ1v) is 8.33. The second-order valence-electron chi connectivity index (χ2n) is 4.31. The van der Waals surface area contributed by atoms with Crippen molar-refractivity contribution >= 4 is 27.3 Å². The van der Waals surface area contributed by atoms with Crippen molar-refractivity contribution in [3.63, 3.8) is 0 Å². The van der Waals surface area contributed by atoms with Crippen LogP contribution in [0.5, 0.6) is 0 Å². The highest BCUT2D eigenvalue weighted by molar-refractivity contribution is 7.91. The quantitative estimate of drug-likeness (QED) is 0.847. The Kier molecular flexibility index (Phi) is 4.43. The van der Waals surface area contributed by atoms with Crippen LogP contribution in [0.4, 0.5) is 0 Å². The zero-order valence-electron chi connectivity index (χ0n) is 11.0. The SMILES string of the molecule is CN1CCN=C1NCCN(C)S(=O)(=O)c1cccs1. The van der Waals surface area contributed by atoms with Crippen molar-refractivity contribution in [3.05, 3.63) is 17.5 Å². The number of sulfonamides is 1. The number of hydrogen-bond donors (Lipinski definition) is 1. The third-order valence-corrected chi connectivity index (χ3v) is 6.16. The number of hydrogen-bond acceptors (Lipinski definition) is 6. The molecular formula is C11H18N4O2S2. The summed E-state index contributed by atoms with van der Waals surface area (Å²) in [5.74, 6) is 0.835. The van der Waals surface area contributed by atoms with Crippen LogP contribution in [0.3, 0.4) is 0 Å². The van der Waals surface area contributed by atoms with Crippen LogP contribution in [-0.4, -0.2) is 63.9 Å². The highest BCUT2D eigenvalue weighted by atomic mass is 32.2. The summed E-state index contributed by atoms with van der Waals surface area (Å²) in [6.07, 6.45) is 0. The minimum atomic E-state index is -3.35. The van der Waals surface area contributed by atoms with Crippen LogP contribution in [0.1, 0.15) is 0 Å². The molecule has 0 aromatic carbocycles. The second kappa shape index (κ2) is 5.89. The van der Waals surface area contributed by atoms with Crippen LogP contribution < -0.4 is 5.32 Å². The van der Waals surface area contributed by atoms with Crippen LogP contribution in [0.2, 0.25) is 0 Å². The first kappa shape index (κ1) is 14.3. The molecule has 0 fully saturated rings. The van der Waals surface area contributed by atoms with Crippen molar-refractivity contribution in [2.24, 2.45) is 4.99 Å². The van der Waals surface area contributed by atoms with Gasteiger partial charge < -0.3 is 10.2 Å². The second-order valence-corrected chi connectivity index (χ2v) is 7.53. The van der Waals surface area contributed by atoms with Gasteiger partial charge in [-0.1, -0.05) is 6.07 Å². The van der Waals surface area contributed by atoms with E-state index >= 15 is 0 Å². The highest BCUT2D eigenvalue weighted by Gasteiger charge is 2.21. The molecule has 1 aliphatic rings. The van der Waals surface area contributed by atoms with Crippen molar-refractivity contribution in [2.75, 3.05) is 40.3 Å². The summed E-state index contributed by atoms with van der Waals surface area (Å²) in [5.41, 5.74) is 0. The zero-order valence-corrected chi connectivity index (χ0v) is 12.7. The summed E-state index contributed by atoms with van der Waals surface area (Å²) in [7, 11) is 0.211. The van der Waals surface area contributed by atoms with Crippen LogP contribution in [0.25, 0.3) is 0 Å². The predicted molar refractivity (Wildman–Crippen MR) is 77.1 cm³/mol. The molecule has 1 aromatic heterocycles. The minimum Gasteiger partial charge on any atom is -0.355 e. The Morgan fingerprint density at radius 2 is 2.37 bits per heavy atom. The molecule has 1 N–H and O–H groups in total. The number of rotatable bonds is 5. The molecule has 0 saturated carbocycles. The number of thiophene rings is 1. The summed E-state index contributed by atoms with van der Waals surface area (Å²) in [6, 6.07) is 3.37. The molecule has 6 nitrogen and oxygen atoms in total. The molecular weight excluding hydrogens is 284 g/mol. The first-order chi connectivity index (χ1) is 9.01. The topological polar surface area (TPSA) is 65.0 Å². The van der Waals surface area contributed by atoms with Gasteiger partial charge in [0.25, 0.3) is 10.0 Å². The Morgan fingerprint density at radius 3 is 2.95 bits per heavy atom. The fourth-order valence-electron chi connectivity index (χ4n) is 1.73. The largest absolute Gasteiger partial charge is 0.355 e. The number of nitrogens with zero attached hydrogens (tertiary/aromatic N) is 3. The number of likely N-dealkylation sites (N-methyl/N-ethyl adjacent to an activating group) is 2. The molecule has 106 valence electrons. The Morgan fingerprint density at radius 1 is 1.58 bits per heavy atom. The van der Waals surface area contributed by atoms with E-state index in [0.29, 0.717) is 17.3 Å². The van der Waals surface area contributed by atoms with Gasteiger partial charge in [-0.3, -0.25) is 4.99 Å². The van der Waals surface area contributed by atoms with E-state index in [9.17, 15) is 8.42 Å². The predicted octanol–water partition coefficient (Wildman–Crippen LogP) is 0.260. The summed E-state index contributed by atoms with van der Waals surface area (Å²) in [6.45, 7) is 2.66. The molecule has 2 rings (SSSR count). The van der Waals surface area contributed by atoms with E-state index in [2.05, 4.69) is 10.3 Å². The maximum atomic E-state index is 12.2. The lowest BCUT2D eigenvalue weighted by Gasteiger charge is -2.19. The summed E-state index contributed by atoms with van der Waals surface area (Å²) in [5, 5.41) is 4.92. The summed E-state index contributed by atoms with van der Waals surface area (Å²) >= 11 is 1.24. The van der Waals surface area contributed by atoms with E-state index in [1.165, 1.54) is 15.6 Å². The fourth-order valence-corrected chi connectivity index (χ4v) is 4.11. The van der Waals surface area contributed by atoms with Gasteiger partial charge in [0.2, 0.25) is 0 Å². The molecule has 1 aromatic rings.